The van der Waals surface area contributed by atoms with Gasteiger partial charge in [0.2, 0.25) is 0 Å². The zero-order valence-corrected chi connectivity index (χ0v) is 42.7. The van der Waals surface area contributed by atoms with Gasteiger partial charge in [0.1, 0.15) is 13.2 Å². The average molecular weight is 917 g/mol. The number of hydrogen-bond donors (Lipinski definition) is 2. The number of aliphatic hydroxyl groups excluding tert-OH is 2. The van der Waals surface area contributed by atoms with Gasteiger partial charge in [0.15, 0.2) is 6.10 Å². The van der Waals surface area contributed by atoms with E-state index in [1.54, 1.807) is 0 Å². The molecule has 0 fully saturated rings. The fraction of sp³-hybridized carbons (Fsp3) is 0.842. The van der Waals surface area contributed by atoms with E-state index in [0.717, 1.165) is 148 Å². The van der Waals surface area contributed by atoms with Crippen molar-refractivity contribution in [3.8, 4) is 0 Å². The lowest BCUT2D eigenvalue weighted by molar-refractivity contribution is -0.167. The van der Waals surface area contributed by atoms with Crippen molar-refractivity contribution < 1.29 is 38.8 Å². The Balaban J connectivity index is 4.47. The zero-order valence-electron chi connectivity index (χ0n) is 42.7. The van der Waals surface area contributed by atoms with Crippen LogP contribution in [-0.4, -0.2) is 59.6 Å². The number of allylic oxidation sites excluding steroid dienone is 4. The molecule has 0 aliphatic heterocycles. The molecule has 0 bridgehead atoms. The predicted octanol–water partition coefficient (Wildman–Crippen LogP) is 16.0. The van der Waals surface area contributed by atoms with Crippen molar-refractivity contribution in [3.05, 3.63) is 36.5 Å². The Hall–Kier alpha value is -2.45. The molecule has 0 aliphatic rings. The number of ether oxygens (including phenoxy) is 3. The molecule has 0 spiro atoms. The van der Waals surface area contributed by atoms with E-state index in [9.17, 15) is 24.6 Å². The van der Waals surface area contributed by atoms with Crippen molar-refractivity contribution in [1.29, 1.82) is 0 Å². The first kappa shape index (κ1) is 62.5. The second-order valence-corrected chi connectivity index (χ2v) is 18.8. The molecule has 2 N–H and O–H groups in total. The molecule has 380 valence electrons. The van der Waals surface area contributed by atoms with Gasteiger partial charge >= 0.3 is 17.9 Å². The van der Waals surface area contributed by atoms with Gasteiger partial charge < -0.3 is 24.4 Å². The second kappa shape index (κ2) is 51.0. The van der Waals surface area contributed by atoms with Crippen LogP contribution in [0.2, 0.25) is 0 Å². The number of hydrogen-bond acceptors (Lipinski definition) is 8. The lowest BCUT2D eigenvalue weighted by Crippen LogP contribution is -2.30. The van der Waals surface area contributed by atoms with E-state index in [1.165, 1.54) is 89.9 Å². The summed E-state index contributed by atoms with van der Waals surface area (Å²) in [5, 5.41) is 20.2. The molecular formula is C57H104O8. The molecule has 8 nitrogen and oxygen atoms in total. The maximum absolute atomic E-state index is 12.8. The molecule has 0 saturated heterocycles. The topological polar surface area (TPSA) is 119 Å². The molecule has 0 rings (SSSR count). The summed E-state index contributed by atoms with van der Waals surface area (Å²) in [5.41, 5.74) is 0. The van der Waals surface area contributed by atoms with Crippen molar-refractivity contribution in [2.24, 2.45) is 0 Å². The van der Waals surface area contributed by atoms with Crippen LogP contribution < -0.4 is 0 Å². The Kier molecular flexibility index (Phi) is 49.0. The fourth-order valence-corrected chi connectivity index (χ4v) is 7.93. The molecule has 0 aromatic rings. The number of aliphatic hydroxyl groups is 2. The fourth-order valence-electron chi connectivity index (χ4n) is 7.93. The quantitative estimate of drug-likeness (QED) is 0.0268. The second-order valence-electron chi connectivity index (χ2n) is 18.8. The molecule has 0 aliphatic carbocycles. The third-order valence-corrected chi connectivity index (χ3v) is 12.2. The summed E-state index contributed by atoms with van der Waals surface area (Å²) in [6, 6.07) is 0. The van der Waals surface area contributed by atoms with Crippen LogP contribution in [-0.2, 0) is 28.6 Å². The number of esters is 3. The Morgan fingerprint density at radius 1 is 0.369 bits per heavy atom. The molecule has 3 atom stereocenters. The Morgan fingerprint density at radius 3 is 1.03 bits per heavy atom. The van der Waals surface area contributed by atoms with Crippen molar-refractivity contribution in [3.63, 3.8) is 0 Å². The molecule has 0 saturated carbocycles. The predicted molar refractivity (Wildman–Crippen MR) is 273 cm³/mol. The van der Waals surface area contributed by atoms with Crippen LogP contribution in [0.4, 0.5) is 0 Å². The SMILES string of the molecule is CCCCCCCC/C=C\CCCCCCCC(=O)OC[C@@H](COC(=O)CCCCCCC/C=C\C[C@H](O)CCCCCC)OC(=O)CCCCCCC/C=C\C[C@H](O)CCCCCC. The van der Waals surface area contributed by atoms with Crippen LogP contribution in [0.5, 0.6) is 0 Å². The first-order valence-electron chi connectivity index (χ1n) is 27.6. The number of carbonyl (C=O) groups excluding carboxylic acids is 3. The van der Waals surface area contributed by atoms with E-state index in [2.05, 4.69) is 57.2 Å². The summed E-state index contributed by atoms with van der Waals surface area (Å²) in [5.74, 6) is -0.992. The highest BCUT2D eigenvalue weighted by atomic mass is 16.6. The van der Waals surface area contributed by atoms with E-state index < -0.39 is 6.10 Å². The van der Waals surface area contributed by atoms with E-state index in [0.29, 0.717) is 12.8 Å². The van der Waals surface area contributed by atoms with Crippen LogP contribution in [0.1, 0.15) is 278 Å². The molecule has 0 amide bonds. The van der Waals surface area contributed by atoms with Gasteiger partial charge in [-0.3, -0.25) is 14.4 Å². The molecule has 8 heteroatoms. The molecule has 65 heavy (non-hydrogen) atoms. The van der Waals surface area contributed by atoms with E-state index in [-0.39, 0.29) is 49.8 Å². The lowest BCUT2D eigenvalue weighted by atomic mass is 10.1. The van der Waals surface area contributed by atoms with Gasteiger partial charge in [0, 0.05) is 19.3 Å². The van der Waals surface area contributed by atoms with Gasteiger partial charge in [-0.1, -0.05) is 198 Å². The first-order chi connectivity index (χ1) is 31.8. The number of unbranched alkanes of at least 4 members (excludes halogenated alkanes) is 27. The van der Waals surface area contributed by atoms with Gasteiger partial charge in [-0.05, 0) is 96.3 Å². The molecule has 0 unspecified atom stereocenters. The largest absolute Gasteiger partial charge is 0.462 e. The van der Waals surface area contributed by atoms with Crippen LogP contribution in [0, 0.1) is 0 Å². The minimum Gasteiger partial charge on any atom is -0.462 e. The Bertz CT molecular complexity index is 1130. The van der Waals surface area contributed by atoms with Crippen LogP contribution in [0.3, 0.4) is 0 Å². The molecule has 0 aromatic carbocycles. The standard InChI is InChI=1S/C57H104O8/c1-4-7-10-13-14-15-16-17-18-19-20-21-28-33-40-47-55(60)63-50-54(65-57(62)49-42-35-30-25-23-27-32-39-46-53(59)44-37-12-9-6-3)51-64-56(61)48-41-34-29-24-22-26-31-38-45-52(58)43-36-11-8-5-2/h17-18,31-32,38-39,52-54,58-59H,4-16,19-30,33-37,40-51H2,1-3H3/b18-17-,38-31-,39-32-/t52-,53-,54+/m1/s1. The van der Waals surface area contributed by atoms with Gasteiger partial charge in [0.05, 0.1) is 12.2 Å². The monoisotopic (exact) mass is 917 g/mol. The lowest BCUT2D eigenvalue weighted by Gasteiger charge is -2.18. The smallest absolute Gasteiger partial charge is 0.306 e. The van der Waals surface area contributed by atoms with Crippen LogP contribution in [0.15, 0.2) is 36.5 Å². The van der Waals surface area contributed by atoms with Gasteiger partial charge in [0.25, 0.3) is 0 Å². The summed E-state index contributed by atoms with van der Waals surface area (Å²) in [4.78, 5) is 38.1. The highest BCUT2D eigenvalue weighted by Gasteiger charge is 2.19. The molecule has 0 radical (unpaired) electrons. The summed E-state index contributed by atoms with van der Waals surface area (Å²) in [6.07, 6.45) is 53.0. The molecular weight excluding hydrogens is 813 g/mol. The van der Waals surface area contributed by atoms with Gasteiger partial charge in [-0.2, -0.15) is 0 Å². The Morgan fingerprint density at radius 2 is 0.662 bits per heavy atom. The van der Waals surface area contributed by atoms with Crippen molar-refractivity contribution in [2.45, 2.75) is 296 Å². The van der Waals surface area contributed by atoms with Gasteiger partial charge in [-0.25, -0.2) is 0 Å². The van der Waals surface area contributed by atoms with Crippen molar-refractivity contribution in [2.75, 3.05) is 13.2 Å². The number of rotatable bonds is 50. The van der Waals surface area contributed by atoms with Gasteiger partial charge in [-0.15, -0.1) is 0 Å². The Labute approximate surface area is 401 Å². The van der Waals surface area contributed by atoms with E-state index >= 15 is 0 Å². The zero-order chi connectivity index (χ0) is 47.5. The minimum atomic E-state index is -0.818. The van der Waals surface area contributed by atoms with E-state index in [4.69, 9.17) is 14.2 Å². The third kappa shape index (κ3) is 49.3. The van der Waals surface area contributed by atoms with Crippen molar-refractivity contribution in [1.82, 2.24) is 0 Å². The number of carbonyl (C=O) groups is 3. The summed E-state index contributed by atoms with van der Waals surface area (Å²) < 4.78 is 16.8. The van der Waals surface area contributed by atoms with E-state index in [1.807, 2.05) is 0 Å². The minimum absolute atomic E-state index is 0.112. The third-order valence-electron chi connectivity index (χ3n) is 12.2. The summed E-state index contributed by atoms with van der Waals surface area (Å²) in [7, 11) is 0. The average Bonchev–Trinajstić information content (AvgIpc) is 3.30. The summed E-state index contributed by atoms with van der Waals surface area (Å²) >= 11 is 0. The van der Waals surface area contributed by atoms with Crippen LogP contribution >= 0.6 is 0 Å². The maximum atomic E-state index is 12.8. The normalized spacial score (nSPS) is 13.2. The molecule has 0 heterocycles. The maximum Gasteiger partial charge on any atom is 0.306 e. The first-order valence-corrected chi connectivity index (χ1v) is 27.6. The van der Waals surface area contributed by atoms with Crippen molar-refractivity contribution >= 4 is 17.9 Å². The highest BCUT2D eigenvalue weighted by Crippen LogP contribution is 2.15. The van der Waals surface area contributed by atoms with Crippen LogP contribution in [0.25, 0.3) is 0 Å². The highest BCUT2D eigenvalue weighted by molar-refractivity contribution is 5.71. The summed E-state index contributed by atoms with van der Waals surface area (Å²) in [6.45, 7) is 6.43. The molecule has 0 aromatic heterocycles.